The van der Waals surface area contributed by atoms with Crippen LogP contribution < -0.4 is 4.74 Å². The predicted molar refractivity (Wildman–Crippen MR) is 134 cm³/mol. The second-order valence-electron chi connectivity index (χ2n) is 11.6. The van der Waals surface area contributed by atoms with Gasteiger partial charge >= 0.3 is 11.9 Å². The second-order valence-corrected chi connectivity index (χ2v) is 12.5. The Bertz CT molecular complexity index is 1000. The summed E-state index contributed by atoms with van der Waals surface area (Å²) < 4.78 is 11.3. The van der Waals surface area contributed by atoms with E-state index >= 15 is 0 Å². The van der Waals surface area contributed by atoms with Gasteiger partial charge in [-0.05, 0) is 80.5 Å². The van der Waals surface area contributed by atoms with Crippen LogP contribution in [0.5, 0.6) is 5.88 Å². The molecule has 3 fully saturated rings. The van der Waals surface area contributed by atoms with Crippen LogP contribution in [0.1, 0.15) is 95.9 Å². The number of aromatic nitrogens is 1. The monoisotopic (exact) mass is 501 g/mol. The number of aliphatic carboxylic acids is 1. The van der Waals surface area contributed by atoms with E-state index in [1.165, 1.54) is 36.3 Å². The van der Waals surface area contributed by atoms with E-state index in [4.69, 9.17) is 19.6 Å². The highest BCUT2D eigenvalue weighted by Crippen LogP contribution is 2.68. The number of thiazole rings is 1. The van der Waals surface area contributed by atoms with Crippen LogP contribution in [0, 0.1) is 28.6 Å². The van der Waals surface area contributed by atoms with Crippen molar-refractivity contribution < 1.29 is 24.2 Å². The molecule has 3 saturated carbocycles. The van der Waals surface area contributed by atoms with Crippen molar-refractivity contribution >= 4 is 23.3 Å². The molecule has 1 heterocycles. The summed E-state index contributed by atoms with van der Waals surface area (Å²) in [4.78, 5) is 27.7. The Morgan fingerprint density at radius 3 is 2.74 bits per heavy atom. The smallest absolute Gasteiger partial charge is 0.306 e. The van der Waals surface area contributed by atoms with E-state index in [1.807, 2.05) is 6.92 Å². The minimum atomic E-state index is -0.956. The number of carbonyl (C=O) groups is 2. The lowest BCUT2D eigenvalue weighted by Crippen LogP contribution is -2.50. The molecule has 4 aliphatic rings. The van der Waals surface area contributed by atoms with Gasteiger partial charge in [-0.15, -0.1) is 11.3 Å². The third kappa shape index (κ3) is 4.42. The molecule has 1 N–H and O–H groups in total. The fourth-order valence-corrected chi connectivity index (χ4v) is 9.27. The molecule has 7 heteroatoms. The summed E-state index contributed by atoms with van der Waals surface area (Å²) in [6.45, 7) is 7.66. The molecule has 0 saturated heterocycles. The van der Waals surface area contributed by atoms with Crippen LogP contribution in [-0.4, -0.2) is 34.7 Å². The molecule has 0 aromatic carbocycles. The molecule has 1 aromatic heterocycles. The van der Waals surface area contributed by atoms with E-state index in [2.05, 4.69) is 25.3 Å². The standard InChI is InChI=1S/C28H39NO5S/c1-4-33-23-16-35-26(29-23)22-8-7-20-19-6-5-17-15-18(34-25(32)10-9-24(30)31)11-13-27(17,2)21(19)12-14-28(20,22)3/h5,16,18-22H,4,6-15H2,1-3H3,(H,30,31)/t18-,19-,20?,21?,22+,27-,28-/m0/s1. The Kier molecular flexibility index (Phi) is 6.75. The zero-order valence-corrected chi connectivity index (χ0v) is 22.1. The van der Waals surface area contributed by atoms with Gasteiger partial charge in [-0.25, -0.2) is 4.98 Å². The SMILES string of the molecule is CCOc1csc([C@H]2CCC3[C@@H]4CC=C5C[C@@H](OC(=O)CCC(=O)O)CC[C@]5(C)C4CC[C@@]32C)n1. The molecule has 0 aliphatic heterocycles. The Morgan fingerprint density at radius 2 is 1.97 bits per heavy atom. The first kappa shape index (κ1) is 24.8. The summed E-state index contributed by atoms with van der Waals surface area (Å²) in [6, 6.07) is 0. The molecule has 0 spiro atoms. The van der Waals surface area contributed by atoms with Gasteiger partial charge < -0.3 is 14.6 Å². The van der Waals surface area contributed by atoms with Gasteiger partial charge in [0.15, 0.2) is 0 Å². The minimum absolute atomic E-state index is 0.0422. The zero-order chi connectivity index (χ0) is 24.8. The fraction of sp³-hybridized carbons (Fsp3) is 0.750. The van der Waals surface area contributed by atoms with E-state index in [9.17, 15) is 9.59 Å². The molecule has 2 unspecified atom stereocenters. The number of fused-ring (bicyclic) bond motifs is 5. The van der Waals surface area contributed by atoms with Crippen molar-refractivity contribution in [1.82, 2.24) is 4.98 Å². The van der Waals surface area contributed by atoms with Gasteiger partial charge in [0.25, 0.3) is 0 Å². The highest BCUT2D eigenvalue weighted by molar-refractivity contribution is 7.09. The fourth-order valence-electron chi connectivity index (χ4n) is 8.23. The number of carbonyl (C=O) groups excluding carboxylic acids is 1. The maximum atomic E-state index is 12.1. The molecule has 4 aliphatic carbocycles. The lowest BCUT2D eigenvalue weighted by atomic mass is 9.47. The van der Waals surface area contributed by atoms with Crippen LogP contribution in [0.15, 0.2) is 17.0 Å². The van der Waals surface area contributed by atoms with Crippen molar-refractivity contribution in [2.45, 2.75) is 97.0 Å². The van der Waals surface area contributed by atoms with E-state index in [-0.39, 0.29) is 30.3 Å². The topological polar surface area (TPSA) is 85.7 Å². The van der Waals surface area contributed by atoms with Gasteiger partial charge in [-0.1, -0.05) is 25.5 Å². The second kappa shape index (κ2) is 9.53. The molecule has 0 amide bonds. The first-order valence-electron chi connectivity index (χ1n) is 13.4. The van der Waals surface area contributed by atoms with Crippen LogP contribution in [0.4, 0.5) is 0 Å². The lowest BCUT2D eigenvalue weighted by Gasteiger charge is -2.58. The molecular formula is C28H39NO5S. The van der Waals surface area contributed by atoms with Gasteiger partial charge in [0.1, 0.15) is 11.1 Å². The van der Waals surface area contributed by atoms with E-state index in [0.717, 1.165) is 37.5 Å². The van der Waals surface area contributed by atoms with Gasteiger partial charge in [0, 0.05) is 12.3 Å². The molecule has 6 nitrogen and oxygen atoms in total. The minimum Gasteiger partial charge on any atom is -0.481 e. The van der Waals surface area contributed by atoms with Crippen molar-refractivity contribution in [2.24, 2.45) is 28.6 Å². The first-order valence-corrected chi connectivity index (χ1v) is 14.3. The quantitative estimate of drug-likeness (QED) is 0.345. The third-order valence-corrected chi connectivity index (χ3v) is 10.9. The maximum Gasteiger partial charge on any atom is 0.306 e. The summed E-state index contributed by atoms with van der Waals surface area (Å²) in [5, 5.41) is 12.2. The molecule has 0 bridgehead atoms. The van der Waals surface area contributed by atoms with Crippen molar-refractivity contribution in [3.8, 4) is 5.88 Å². The van der Waals surface area contributed by atoms with Crippen LogP contribution in [-0.2, 0) is 14.3 Å². The van der Waals surface area contributed by atoms with Crippen molar-refractivity contribution in [1.29, 1.82) is 0 Å². The average molecular weight is 502 g/mol. The van der Waals surface area contributed by atoms with Crippen molar-refractivity contribution in [2.75, 3.05) is 6.61 Å². The Hall–Kier alpha value is -1.89. The van der Waals surface area contributed by atoms with E-state index in [0.29, 0.717) is 29.8 Å². The molecule has 1 aromatic rings. The van der Waals surface area contributed by atoms with Crippen molar-refractivity contribution in [3.05, 3.63) is 22.0 Å². The van der Waals surface area contributed by atoms with Crippen LogP contribution in [0.25, 0.3) is 0 Å². The summed E-state index contributed by atoms with van der Waals surface area (Å²) in [7, 11) is 0. The maximum absolute atomic E-state index is 12.1. The molecule has 5 rings (SSSR count). The predicted octanol–water partition coefficient (Wildman–Crippen LogP) is 6.36. The number of hydrogen-bond acceptors (Lipinski definition) is 6. The Labute approximate surface area is 212 Å². The number of ether oxygens (including phenoxy) is 2. The van der Waals surface area contributed by atoms with Crippen LogP contribution in [0.3, 0.4) is 0 Å². The normalized spacial score (nSPS) is 38.0. The molecule has 35 heavy (non-hydrogen) atoms. The third-order valence-electron chi connectivity index (χ3n) is 9.99. The zero-order valence-electron chi connectivity index (χ0n) is 21.3. The average Bonchev–Trinajstić information content (AvgIpc) is 3.41. The van der Waals surface area contributed by atoms with Crippen molar-refractivity contribution in [3.63, 3.8) is 0 Å². The van der Waals surface area contributed by atoms with Gasteiger partial charge in [0.05, 0.1) is 24.8 Å². The lowest BCUT2D eigenvalue weighted by molar-refractivity contribution is -0.154. The Morgan fingerprint density at radius 1 is 1.14 bits per heavy atom. The van der Waals surface area contributed by atoms with Crippen LogP contribution >= 0.6 is 11.3 Å². The molecule has 7 atom stereocenters. The Balaban J connectivity index is 1.29. The molecule has 192 valence electrons. The van der Waals surface area contributed by atoms with Gasteiger partial charge in [0.2, 0.25) is 5.88 Å². The largest absolute Gasteiger partial charge is 0.481 e. The summed E-state index contributed by atoms with van der Waals surface area (Å²) in [5.74, 6) is 2.12. The molecular weight excluding hydrogens is 462 g/mol. The molecule has 0 radical (unpaired) electrons. The van der Waals surface area contributed by atoms with Crippen LogP contribution in [0.2, 0.25) is 0 Å². The summed E-state index contributed by atoms with van der Waals surface area (Å²) >= 11 is 1.78. The highest BCUT2D eigenvalue weighted by Gasteiger charge is 2.59. The van der Waals surface area contributed by atoms with E-state index < -0.39 is 5.97 Å². The number of rotatable bonds is 7. The number of allylic oxidation sites excluding steroid dienone is 1. The number of carboxylic acids is 1. The highest BCUT2D eigenvalue weighted by atomic mass is 32.1. The number of hydrogen-bond donors (Lipinski definition) is 1. The summed E-state index contributed by atoms with van der Waals surface area (Å²) in [6.07, 6.45) is 11.1. The first-order chi connectivity index (χ1) is 16.7. The summed E-state index contributed by atoms with van der Waals surface area (Å²) in [5.41, 5.74) is 1.97. The number of nitrogens with zero attached hydrogens (tertiary/aromatic N) is 1. The van der Waals surface area contributed by atoms with E-state index in [1.54, 1.807) is 11.3 Å². The van der Waals surface area contributed by atoms with Gasteiger partial charge in [-0.3, -0.25) is 9.59 Å². The number of esters is 1. The van der Waals surface area contributed by atoms with Gasteiger partial charge in [-0.2, -0.15) is 0 Å². The number of carboxylic acid groups (broad SMARTS) is 1.